The molecule has 0 unspecified atom stereocenters. The highest BCUT2D eigenvalue weighted by molar-refractivity contribution is 6.34. The van der Waals surface area contributed by atoms with Crippen LogP contribution < -0.4 is 19.5 Å². The van der Waals surface area contributed by atoms with Gasteiger partial charge in [0, 0.05) is 12.1 Å². The van der Waals surface area contributed by atoms with Crippen molar-refractivity contribution in [1.82, 2.24) is 0 Å². The van der Waals surface area contributed by atoms with E-state index in [2.05, 4.69) is 5.32 Å². The Labute approximate surface area is 157 Å². The minimum Gasteiger partial charge on any atom is -0.490 e. The second-order valence-corrected chi connectivity index (χ2v) is 6.86. The third-order valence-electron chi connectivity index (χ3n) is 4.61. The van der Waals surface area contributed by atoms with Gasteiger partial charge < -0.3 is 19.5 Å². The molecule has 0 radical (unpaired) electrons. The molecule has 5 nitrogen and oxygen atoms in total. The van der Waals surface area contributed by atoms with Crippen LogP contribution in [0.3, 0.4) is 0 Å². The molecule has 0 bridgehead atoms. The number of halogens is 1. The van der Waals surface area contributed by atoms with Crippen LogP contribution in [-0.2, 0) is 0 Å². The van der Waals surface area contributed by atoms with Crippen molar-refractivity contribution in [2.45, 2.75) is 31.8 Å². The predicted molar refractivity (Wildman–Crippen MR) is 99.7 cm³/mol. The van der Waals surface area contributed by atoms with E-state index in [1.807, 2.05) is 18.2 Å². The number of fused-ring (bicyclic) bond motifs is 1. The molecule has 0 atom stereocenters. The van der Waals surface area contributed by atoms with E-state index in [0.29, 0.717) is 46.7 Å². The van der Waals surface area contributed by atoms with Crippen molar-refractivity contribution in [2.24, 2.45) is 0 Å². The maximum absolute atomic E-state index is 12.8. The van der Waals surface area contributed by atoms with Crippen LogP contribution in [0.1, 0.15) is 36.0 Å². The first-order valence-corrected chi connectivity index (χ1v) is 9.25. The first-order valence-electron chi connectivity index (χ1n) is 8.87. The lowest BCUT2D eigenvalue weighted by Crippen LogP contribution is -2.18. The first kappa shape index (κ1) is 17.0. The molecule has 6 heteroatoms. The summed E-state index contributed by atoms with van der Waals surface area (Å²) in [5.41, 5.74) is 0.974. The second kappa shape index (κ2) is 7.46. The zero-order chi connectivity index (χ0) is 17.9. The summed E-state index contributed by atoms with van der Waals surface area (Å²) in [6, 6.07) is 10.6. The second-order valence-electron chi connectivity index (χ2n) is 6.45. The Morgan fingerprint density at radius 2 is 1.77 bits per heavy atom. The van der Waals surface area contributed by atoms with Gasteiger partial charge in [0.1, 0.15) is 19.0 Å². The Kier molecular flexibility index (Phi) is 4.89. The summed E-state index contributed by atoms with van der Waals surface area (Å²) in [6.45, 7) is 0.959. The highest BCUT2D eigenvalue weighted by atomic mass is 35.5. The van der Waals surface area contributed by atoms with E-state index in [1.54, 1.807) is 18.2 Å². The van der Waals surface area contributed by atoms with Crippen LogP contribution in [0.4, 0.5) is 5.69 Å². The minimum atomic E-state index is -0.267. The Hall–Kier alpha value is -2.40. The summed E-state index contributed by atoms with van der Waals surface area (Å²) in [5, 5.41) is 3.26. The van der Waals surface area contributed by atoms with Crippen molar-refractivity contribution in [2.75, 3.05) is 18.5 Å². The van der Waals surface area contributed by atoms with Gasteiger partial charge >= 0.3 is 0 Å². The van der Waals surface area contributed by atoms with E-state index < -0.39 is 0 Å². The van der Waals surface area contributed by atoms with E-state index in [4.69, 9.17) is 25.8 Å². The highest BCUT2D eigenvalue weighted by Gasteiger charge is 2.21. The van der Waals surface area contributed by atoms with Crippen LogP contribution in [0.15, 0.2) is 36.4 Å². The molecule has 2 aromatic carbocycles. The van der Waals surface area contributed by atoms with E-state index in [-0.39, 0.29) is 12.0 Å². The maximum Gasteiger partial charge on any atom is 0.259 e. The van der Waals surface area contributed by atoms with Crippen molar-refractivity contribution < 1.29 is 19.0 Å². The summed E-state index contributed by atoms with van der Waals surface area (Å²) >= 11 is 6.29. The maximum atomic E-state index is 12.8. The molecule has 2 aliphatic rings. The summed E-state index contributed by atoms with van der Waals surface area (Å²) in [7, 11) is 0. The summed E-state index contributed by atoms with van der Waals surface area (Å²) in [4.78, 5) is 12.8. The van der Waals surface area contributed by atoms with Gasteiger partial charge in [-0.2, -0.15) is 0 Å². The minimum absolute atomic E-state index is 0.182. The van der Waals surface area contributed by atoms with Gasteiger partial charge in [-0.1, -0.05) is 23.7 Å². The lowest BCUT2D eigenvalue weighted by molar-refractivity contribution is 0.101. The molecule has 136 valence electrons. The number of amides is 1. The van der Waals surface area contributed by atoms with Crippen LogP contribution in [0.25, 0.3) is 0 Å². The lowest BCUT2D eigenvalue weighted by atomic mass is 10.1. The third kappa shape index (κ3) is 3.58. The van der Waals surface area contributed by atoms with Crippen LogP contribution in [0, 0.1) is 0 Å². The molecule has 1 aliphatic carbocycles. The number of carbonyl (C=O) groups excluding carboxylic acids is 1. The quantitative estimate of drug-likeness (QED) is 0.845. The van der Waals surface area contributed by atoms with Gasteiger partial charge in [-0.25, -0.2) is 0 Å². The summed E-state index contributed by atoms with van der Waals surface area (Å²) < 4.78 is 17.1. The summed E-state index contributed by atoms with van der Waals surface area (Å²) in [6.07, 6.45) is 4.59. The monoisotopic (exact) mass is 373 g/mol. The third-order valence-corrected chi connectivity index (χ3v) is 4.92. The van der Waals surface area contributed by atoms with Crippen LogP contribution in [0.5, 0.6) is 17.2 Å². The van der Waals surface area contributed by atoms with Crippen molar-refractivity contribution in [3.8, 4) is 17.2 Å². The molecule has 0 saturated heterocycles. The largest absolute Gasteiger partial charge is 0.490 e. The molecule has 1 fully saturated rings. The van der Waals surface area contributed by atoms with Crippen molar-refractivity contribution in [1.29, 1.82) is 0 Å². The number of hydrogen-bond donors (Lipinski definition) is 1. The number of rotatable bonds is 4. The zero-order valence-corrected chi connectivity index (χ0v) is 15.1. The average Bonchev–Trinajstić information content (AvgIpc) is 3.16. The smallest absolute Gasteiger partial charge is 0.259 e. The Balaban J connectivity index is 1.55. The first-order chi connectivity index (χ1) is 12.7. The molecule has 1 aliphatic heterocycles. The fourth-order valence-electron chi connectivity index (χ4n) is 3.29. The van der Waals surface area contributed by atoms with E-state index in [9.17, 15) is 4.79 Å². The molecule has 1 heterocycles. The molecule has 2 aromatic rings. The number of benzene rings is 2. The number of anilines is 1. The SMILES string of the molecule is O=C(Nc1cc2c(cc1Cl)OCCO2)c1ccccc1OC1CCCC1. The van der Waals surface area contributed by atoms with Crippen molar-refractivity contribution in [3.05, 3.63) is 47.0 Å². The number of para-hydroxylation sites is 1. The number of hydrogen-bond acceptors (Lipinski definition) is 4. The fraction of sp³-hybridized carbons (Fsp3) is 0.350. The topological polar surface area (TPSA) is 56.8 Å². The molecular formula is C20H20ClNO4. The average molecular weight is 374 g/mol. The Bertz CT molecular complexity index is 817. The van der Waals surface area contributed by atoms with Gasteiger partial charge in [0.2, 0.25) is 0 Å². The number of carbonyl (C=O) groups is 1. The van der Waals surface area contributed by atoms with Gasteiger partial charge in [-0.15, -0.1) is 0 Å². The van der Waals surface area contributed by atoms with E-state index >= 15 is 0 Å². The summed E-state index contributed by atoms with van der Waals surface area (Å²) in [5.74, 6) is 1.50. The Morgan fingerprint density at radius 3 is 2.54 bits per heavy atom. The molecular weight excluding hydrogens is 354 g/mol. The number of ether oxygens (including phenoxy) is 3. The van der Waals surface area contributed by atoms with E-state index in [1.165, 1.54) is 12.8 Å². The molecule has 0 aromatic heterocycles. The standard InChI is InChI=1S/C20H20ClNO4/c21-15-11-18-19(25-10-9-24-18)12-16(15)22-20(23)14-7-3-4-8-17(14)26-13-5-1-2-6-13/h3-4,7-8,11-13H,1-2,5-6,9-10H2,(H,22,23). The van der Waals surface area contributed by atoms with Gasteiger partial charge in [0.15, 0.2) is 11.5 Å². The number of nitrogens with one attached hydrogen (secondary N) is 1. The lowest BCUT2D eigenvalue weighted by Gasteiger charge is -2.20. The molecule has 1 N–H and O–H groups in total. The van der Waals surface area contributed by atoms with Gasteiger partial charge in [-0.05, 0) is 37.8 Å². The molecule has 1 saturated carbocycles. The van der Waals surface area contributed by atoms with Crippen LogP contribution in [-0.4, -0.2) is 25.2 Å². The normalized spacial score (nSPS) is 16.3. The van der Waals surface area contributed by atoms with Gasteiger partial charge in [0.25, 0.3) is 5.91 Å². The van der Waals surface area contributed by atoms with Crippen LogP contribution >= 0.6 is 11.6 Å². The van der Waals surface area contributed by atoms with Gasteiger partial charge in [0.05, 0.1) is 22.4 Å². The van der Waals surface area contributed by atoms with Gasteiger partial charge in [-0.3, -0.25) is 4.79 Å². The predicted octanol–water partition coefficient (Wildman–Crippen LogP) is 4.68. The van der Waals surface area contributed by atoms with Crippen LogP contribution in [0.2, 0.25) is 5.02 Å². The molecule has 26 heavy (non-hydrogen) atoms. The fourth-order valence-corrected chi connectivity index (χ4v) is 3.49. The highest BCUT2D eigenvalue weighted by Crippen LogP contribution is 2.38. The molecule has 1 amide bonds. The van der Waals surface area contributed by atoms with Crippen molar-refractivity contribution >= 4 is 23.2 Å². The van der Waals surface area contributed by atoms with Crippen molar-refractivity contribution in [3.63, 3.8) is 0 Å². The zero-order valence-electron chi connectivity index (χ0n) is 14.3. The van der Waals surface area contributed by atoms with E-state index in [0.717, 1.165) is 12.8 Å². The molecule has 0 spiro atoms. The Morgan fingerprint density at radius 1 is 1.08 bits per heavy atom. The molecule has 4 rings (SSSR count).